The molecule has 0 heterocycles. The van der Waals surface area contributed by atoms with Gasteiger partial charge in [0.2, 0.25) is 0 Å². The van der Waals surface area contributed by atoms with Crippen molar-refractivity contribution in [2.75, 3.05) is 12.3 Å². The summed E-state index contributed by atoms with van der Waals surface area (Å²) in [6.45, 7) is 4.01. The monoisotopic (exact) mass is 257 g/mol. The zero-order valence-electron chi connectivity index (χ0n) is 8.13. The third-order valence-electron chi connectivity index (χ3n) is 1.89. The molecule has 2 N–H and O–H groups in total. The molecule has 0 saturated heterocycles. The Balaban J connectivity index is 3.11. The van der Waals surface area contributed by atoms with Gasteiger partial charge in [-0.05, 0) is 41.4 Å². The van der Waals surface area contributed by atoms with Gasteiger partial charge in [-0.3, -0.25) is 0 Å². The number of carbonyl (C=O) groups is 1. The van der Waals surface area contributed by atoms with Crippen LogP contribution in [0.5, 0.6) is 0 Å². The molecule has 0 amide bonds. The number of hydrogen-bond acceptors (Lipinski definition) is 3. The molecule has 0 saturated carbocycles. The molecule has 0 atom stereocenters. The molecule has 0 unspecified atom stereocenters. The fourth-order valence-electron chi connectivity index (χ4n) is 1.06. The highest BCUT2D eigenvalue weighted by Gasteiger charge is 2.13. The Morgan fingerprint density at radius 2 is 2.21 bits per heavy atom. The molecule has 0 aromatic heterocycles. The third kappa shape index (κ3) is 2.07. The number of ether oxygens (including phenoxy) is 1. The number of carbonyl (C=O) groups excluding carboxylic acids is 1. The molecule has 3 nitrogen and oxygen atoms in total. The van der Waals surface area contributed by atoms with Gasteiger partial charge in [-0.15, -0.1) is 0 Å². The third-order valence-corrected chi connectivity index (χ3v) is 2.75. The zero-order valence-corrected chi connectivity index (χ0v) is 9.72. The van der Waals surface area contributed by atoms with Crippen LogP contribution in [0.1, 0.15) is 22.8 Å². The maximum Gasteiger partial charge on any atom is 0.339 e. The Hall–Kier alpha value is -1.03. The first-order valence-corrected chi connectivity index (χ1v) is 5.09. The molecule has 14 heavy (non-hydrogen) atoms. The lowest BCUT2D eigenvalue weighted by Gasteiger charge is -2.08. The summed E-state index contributed by atoms with van der Waals surface area (Å²) in [5.41, 5.74) is 7.74. The average molecular weight is 258 g/mol. The molecule has 1 rings (SSSR count). The van der Waals surface area contributed by atoms with Gasteiger partial charge in [-0.25, -0.2) is 4.79 Å². The summed E-state index contributed by atoms with van der Waals surface area (Å²) in [6, 6.07) is 3.50. The van der Waals surface area contributed by atoms with E-state index in [-0.39, 0.29) is 5.97 Å². The Morgan fingerprint density at radius 1 is 1.57 bits per heavy atom. The van der Waals surface area contributed by atoms with E-state index in [1.807, 2.05) is 6.92 Å². The average Bonchev–Trinajstić information content (AvgIpc) is 2.15. The van der Waals surface area contributed by atoms with Crippen LogP contribution in [0.15, 0.2) is 16.6 Å². The number of hydrogen-bond donors (Lipinski definition) is 1. The maximum atomic E-state index is 11.4. The summed E-state index contributed by atoms with van der Waals surface area (Å²) < 4.78 is 5.49. The number of esters is 1. The Bertz CT molecular complexity index is 363. The second-order valence-corrected chi connectivity index (χ2v) is 3.67. The first kappa shape index (κ1) is 11.0. The van der Waals surface area contributed by atoms with Gasteiger partial charge in [-0.2, -0.15) is 0 Å². The van der Waals surface area contributed by atoms with Crippen molar-refractivity contribution < 1.29 is 9.53 Å². The number of nitrogen functional groups attached to an aromatic ring is 1. The fraction of sp³-hybridized carbons (Fsp3) is 0.300. The summed E-state index contributed by atoms with van der Waals surface area (Å²) >= 11 is 3.28. The first-order chi connectivity index (χ1) is 6.57. The van der Waals surface area contributed by atoms with Crippen LogP contribution >= 0.6 is 15.9 Å². The summed E-state index contributed by atoms with van der Waals surface area (Å²) in [5, 5.41) is 0. The van der Waals surface area contributed by atoms with Crippen molar-refractivity contribution in [2.24, 2.45) is 0 Å². The van der Waals surface area contributed by atoms with Crippen molar-refractivity contribution in [3.63, 3.8) is 0 Å². The quantitative estimate of drug-likeness (QED) is 0.655. The fourth-order valence-corrected chi connectivity index (χ4v) is 1.66. The highest BCUT2D eigenvalue weighted by Crippen LogP contribution is 2.27. The number of aryl methyl sites for hydroxylation is 1. The molecule has 1 aromatic rings. The van der Waals surface area contributed by atoms with Gasteiger partial charge >= 0.3 is 5.97 Å². The molecule has 0 bridgehead atoms. The summed E-state index contributed by atoms with van der Waals surface area (Å²) in [6.07, 6.45) is 0. The largest absolute Gasteiger partial charge is 0.462 e. The van der Waals surface area contributed by atoms with Crippen LogP contribution in [0.25, 0.3) is 0 Å². The van der Waals surface area contributed by atoms with Gasteiger partial charge in [0.1, 0.15) is 0 Å². The van der Waals surface area contributed by atoms with Crippen molar-refractivity contribution in [3.05, 3.63) is 27.7 Å². The molecule has 4 heteroatoms. The Morgan fingerprint density at radius 3 is 2.79 bits per heavy atom. The lowest BCUT2D eigenvalue weighted by atomic mass is 10.1. The van der Waals surface area contributed by atoms with Crippen LogP contribution in [0.2, 0.25) is 0 Å². The van der Waals surface area contributed by atoms with Gasteiger partial charge in [0.05, 0.1) is 16.6 Å². The van der Waals surface area contributed by atoms with Crippen molar-refractivity contribution in [2.45, 2.75) is 13.8 Å². The lowest BCUT2D eigenvalue weighted by molar-refractivity contribution is 0.0525. The SMILES string of the molecule is CCOC(=O)c1ccc(C)c(N)c1Br. The number of nitrogens with two attached hydrogens (primary N) is 1. The van der Waals surface area contributed by atoms with E-state index in [2.05, 4.69) is 15.9 Å². The van der Waals surface area contributed by atoms with Crippen molar-refractivity contribution >= 4 is 27.6 Å². The molecule has 0 aliphatic rings. The Kier molecular flexibility index (Phi) is 3.52. The molecule has 0 fully saturated rings. The molecule has 0 spiro atoms. The van der Waals surface area contributed by atoms with Crippen molar-refractivity contribution in [3.8, 4) is 0 Å². The first-order valence-electron chi connectivity index (χ1n) is 4.29. The van der Waals surface area contributed by atoms with Gasteiger partial charge in [-0.1, -0.05) is 6.07 Å². The number of rotatable bonds is 2. The van der Waals surface area contributed by atoms with E-state index in [1.54, 1.807) is 19.1 Å². The highest BCUT2D eigenvalue weighted by atomic mass is 79.9. The summed E-state index contributed by atoms with van der Waals surface area (Å²) in [4.78, 5) is 11.4. The van der Waals surface area contributed by atoms with E-state index in [4.69, 9.17) is 10.5 Å². The minimum Gasteiger partial charge on any atom is -0.462 e. The molecule has 0 radical (unpaired) electrons. The minimum absolute atomic E-state index is 0.355. The van der Waals surface area contributed by atoms with Gasteiger partial charge in [0.15, 0.2) is 0 Å². The topological polar surface area (TPSA) is 52.3 Å². The minimum atomic E-state index is -0.355. The lowest BCUT2D eigenvalue weighted by Crippen LogP contribution is -2.07. The number of benzene rings is 1. The number of anilines is 1. The molecule has 0 aliphatic carbocycles. The summed E-state index contributed by atoms with van der Waals surface area (Å²) in [5.74, 6) is -0.355. The van der Waals surface area contributed by atoms with E-state index in [1.165, 1.54) is 0 Å². The van der Waals surface area contributed by atoms with Gasteiger partial charge < -0.3 is 10.5 Å². The zero-order chi connectivity index (χ0) is 10.7. The van der Waals surface area contributed by atoms with E-state index in [9.17, 15) is 4.79 Å². The maximum absolute atomic E-state index is 11.4. The second-order valence-electron chi connectivity index (χ2n) is 2.88. The van der Waals surface area contributed by atoms with Crippen LogP contribution < -0.4 is 5.73 Å². The van der Waals surface area contributed by atoms with E-state index < -0.39 is 0 Å². The Labute approximate surface area is 91.4 Å². The van der Waals surface area contributed by atoms with Crippen LogP contribution in [0.4, 0.5) is 5.69 Å². The molecular weight excluding hydrogens is 246 g/mol. The van der Waals surface area contributed by atoms with Crippen LogP contribution in [-0.2, 0) is 4.74 Å². The van der Waals surface area contributed by atoms with Gasteiger partial charge in [0, 0.05) is 5.69 Å². The smallest absolute Gasteiger partial charge is 0.339 e. The van der Waals surface area contributed by atoms with Crippen molar-refractivity contribution in [1.29, 1.82) is 0 Å². The summed E-state index contributed by atoms with van der Waals surface area (Å²) in [7, 11) is 0. The van der Waals surface area contributed by atoms with Gasteiger partial charge in [0.25, 0.3) is 0 Å². The molecule has 76 valence electrons. The number of halogens is 1. The standard InChI is InChI=1S/C10H12BrNO2/c1-3-14-10(13)7-5-4-6(2)9(12)8(7)11/h4-5H,3,12H2,1-2H3. The molecular formula is C10H12BrNO2. The highest BCUT2D eigenvalue weighted by molar-refractivity contribution is 9.10. The normalized spacial score (nSPS) is 9.93. The van der Waals surface area contributed by atoms with E-state index in [0.29, 0.717) is 22.3 Å². The molecule has 0 aliphatic heterocycles. The predicted molar refractivity (Wildman–Crippen MR) is 59.2 cm³/mol. The van der Waals surface area contributed by atoms with Crippen LogP contribution in [0.3, 0.4) is 0 Å². The van der Waals surface area contributed by atoms with E-state index >= 15 is 0 Å². The molecule has 1 aromatic carbocycles. The second kappa shape index (κ2) is 4.46. The van der Waals surface area contributed by atoms with E-state index in [0.717, 1.165) is 5.56 Å². The van der Waals surface area contributed by atoms with Crippen LogP contribution in [0, 0.1) is 6.92 Å². The predicted octanol–water partition coefficient (Wildman–Crippen LogP) is 2.52. The van der Waals surface area contributed by atoms with Crippen LogP contribution in [-0.4, -0.2) is 12.6 Å². The van der Waals surface area contributed by atoms with Crippen molar-refractivity contribution in [1.82, 2.24) is 0 Å².